The van der Waals surface area contributed by atoms with Crippen LogP contribution in [0.2, 0.25) is 5.02 Å². The zero-order chi connectivity index (χ0) is 30.8. The first-order chi connectivity index (χ1) is 19.0. The first-order valence-electron chi connectivity index (χ1n) is 12.6. The molecular formula is C25H35ClFN5O7S2. The highest BCUT2D eigenvalue weighted by Crippen LogP contribution is 2.34. The van der Waals surface area contributed by atoms with E-state index in [-0.39, 0.29) is 22.6 Å². The van der Waals surface area contributed by atoms with E-state index >= 15 is 0 Å². The van der Waals surface area contributed by atoms with Gasteiger partial charge in [-0.25, -0.2) is 4.99 Å². The van der Waals surface area contributed by atoms with Crippen molar-refractivity contribution < 1.29 is 34.7 Å². The largest absolute Gasteiger partial charge is 0.494 e. The molecule has 0 fully saturated rings. The minimum absolute atomic E-state index is 0.131. The lowest BCUT2D eigenvalue weighted by Gasteiger charge is -2.38. The van der Waals surface area contributed by atoms with Crippen LogP contribution in [0.15, 0.2) is 57.3 Å². The Morgan fingerprint density at radius 1 is 0.976 bits per heavy atom. The van der Waals surface area contributed by atoms with Crippen LogP contribution in [0, 0.1) is 0 Å². The van der Waals surface area contributed by atoms with E-state index in [4.69, 9.17) is 37.1 Å². The van der Waals surface area contributed by atoms with Crippen LogP contribution in [-0.2, 0) is 20.3 Å². The monoisotopic (exact) mass is 635 g/mol. The van der Waals surface area contributed by atoms with E-state index in [0.29, 0.717) is 29.7 Å². The fraction of sp³-hybridized carbons (Fsp3) is 0.440. The van der Waals surface area contributed by atoms with E-state index in [0.717, 1.165) is 31.4 Å². The van der Waals surface area contributed by atoms with Crippen molar-refractivity contribution in [2.75, 3.05) is 23.9 Å². The van der Waals surface area contributed by atoms with Gasteiger partial charge in [-0.05, 0) is 88.9 Å². The lowest BCUT2D eigenvalue weighted by molar-refractivity contribution is 0.287. The van der Waals surface area contributed by atoms with Crippen LogP contribution in [0.3, 0.4) is 0 Å². The second kappa shape index (κ2) is 14.7. The molecule has 0 saturated carbocycles. The van der Waals surface area contributed by atoms with Crippen LogP contribution < -0.4 is 25.8 Å². The van der Waals surface area contributed by atoms with Crippen LogP contribution in [0.25, 0.3) is 0 Å². The molecule has 0 radical (unpaired) electrons. The molecule has 16 heteroatoms. The summed E-state index contributed by atoms with van der Waals surface area (Å²) < 4.78 is 72.8. The first kappa shape index (κ1) is 34.1. The number of benzene rings is 2. The molecule has 0 saturated heterocycles. The molecular weight excluding hydrogens is 601 g/mol. The average molecular weight is 636 g/mol. The van der Waals surface area contributed by atoms with Crippen LogP contribution >= 0.6 is 11.6 Å². The van der Waals surface area contributed by atoms with Crippen molar-refractivity contribution >= 4 is 49.5 Å². The van der Waals surface area contributed by atoms with Crippen molar-refractivity contribution in [2.24, 2.45) is 21.5 Å². The summed E-state index contributed by atoms with van der Waals surface area (Å²) in [6.07, 6.45) is 3.53. The highest BCUT2D eigenvalue weighted by atomic mass is 35.5. The number of nitrogens with two attached hydrogens (primary N) is 2. The van der Waals surface area contributed by atoms with Gasteiger partial charge in [0.25, 0.3) is 10.1 Å². The standard InChI is InChI=1S/C23H29ClFN5O4S.C2H6O3S/c1-23(2)29-21(26)28-22(27)30(23)16-7-12-20(19(24)15-16)34-14-6-4-3-5-13-33-17-8-10-18(11-9-17)35(25,31)32;1-2-6(3,4)5/h7-12,15H,3-6,13-14H2,1-2H3,(H4,26,27,28,29);2H2,1H3,(H,3,4,5). The molecule has 12 nitrogen and oxygen atoms in total. The van der Waals surface area contributed by atoms with Crippen molar-refractivity contribution in [3.63, 3.8) is 0 Å². The Balaban J connectivity index is 0.000000883. The maximum atomic E-state index is 12.9. The number of unbranched alkanes of at least 4 members (excludes halogenated alkanes) is 3. The molecule has 41 heavy (non-hydrogen) atoms. The lowest BCUT2D eigenvalue weighted by atomic mass is 10.1. The van der Waals surface area contributed by atoms with E-state index in [1.54, 1.807) is 17.0 Å². The highest BCUT2D eigenvalue weighted by Gasteiger charge is 2.33. The van der Waals surface area contributed by atoms with Gasteiger partial charge >= 0.3 is 10.2 Å². The van der Waals surface area contributed by atoms with Gasteiger partial charge in [-0.2, -0.15) is 21.8 Å². The molecule has 0 aliphatic carbocycles. The SMILES string of the molecule is CC1(C)N=C(N)N=C(N)N1c1ccc(OCCCCCCOc2ccc(S(=O)(=O)F)cc2)c(Cl)c1.CCS(=O)(=O)O. The molecule has 1 aliphatic rings. The minimum Gasteiger partial charge on any atom is -0.494 e. The minimum atomic E-state index is -4.69. The number of ether oxygens (including phenoxy) is 2. The summed E-state index contributed by atoms with van der Waals surface area (Å²) in [6, 6.07) is 10.6. The third-order valence-electron chi connectivity index (χ3n) is 5.60. The fourth-order valence-electron chi connectivity index (χ4n) is 3.63. The van der Waals surface area contributed by atoms with Gasteiger partial charge in [-0.15, -0.1) is 3.89 Å². The van der Waals surface area contributed by atoms with Crippen LogP contribution in [-0.4, -0.2) is 57.9 Å². The van der Waals surface area contributed by atoms with Gasteiger partial charge < -0.3 is 20.9 Å². The average Bonchev–Trinajstić information content (AvgIpc) is 2.85. The summed E-state index contributed by atoms with van der Waals surface area (Å²) in [5, 5.41) is 0.452. The van der Waals surface area contributed by atoms with Gasteiger partial charge in [-0.1, -0.05) is 11.6 Å². The van der Waals surface area contributed by atoms with Crippen molar-refractivity contribution in [1.82, 2.24) is 0 Å². The van der Waals surface area contributed by atoms with Gasteiger partial charge in [0.1, 0.15) is 17.2 Å². The Labute approximate surface area is 245 Å². The second-order valence-electron chi connectivity index (χ2n) is 9.28. The van der Waals surface area contributed by atoms with Gasteiger partial charge in [0, 0.05) is 5.69 Å². The lowest BCUT2D eigenvalue weighted by Crippen LogP contribution is -2.54. The zero-order valence-corrected chi connectivity index (χ0v) is 25.3. The van der Waals surface area contributed by atoms with Crippen LogP contribution in [0.4, 0.5) is 9.57 Å². The molecule has 0 bridgehead atoms. The van der Waals surface area contributed by atoms with E-state index < -0.39 is 26.0 Å². The maximum Gasteiger partial charge on any atom is 0.332 e. The molecule has 3 rings (SSSR count). The molecule has 0 spiro atoms. The number of rotatable bonds is 12. The number of aliphatic imine (C=N–C) groups is 2. The number of halogens is 2. The van der Waals surface area contributed by atoms with E-state index in [1.165, 1.54) is 31.2 Å². The summed E-state index contributed by atoms with van der Waals surface area (Å²) in [5.74, 6) is 1.24. The predicted octanol–water partition coefficient (Wildman–Crippen LogP) is 4.10. The van der Waals surface area contributed by atoms with E-state index in [1.807, 2.05) is 19.9 Å². The normalized spacial score (nSPS) is 14.8. The van der Waals surface area contributed by atoms with Gasteiger partial charge in [0.15, 0.2) is 0 Å². The summed E-state index contributed by atoms with van der Waals surface area (Å²) in [4.78, 5) is 9.73. The fourth-order valence-corrected chi connectivity index (χ4v) is 4.32. The zero-order valence-electron chi connectivity index (χ0n) is 23.0. The second-order valence-corrected chi connectivity index (χ2v) is 12.8. The van der Waals surface area contributed by atoms with Crippen LogP contribution in [0.1, 0.15) is 46.5 Å². The van der Waals surface area contributed by atoms with Gasteiger partial charge in [0.2, 0.25) is 11.9 Å². The predicted molar refractivity (Wildman–Crippen MR) is 158 cm³/mol. The quantitative estimate of drug-likeness (QED) is 0.174. The number of hydrogen-bond donors (Lipinski definition) is 3. The van der Waals surface area contributed by atoms with Gasteiger partial charge in [0.05, 0.1) is 28.9 Å². The number of anilines is 1. The topological polar surface area (TPSA) is 187 Å². The van der Waals surface area contributed by atoms with Crippen LogP contribution in [0.5, 0.6) is 11.5 Å². The molecule has 228 valence electrons. The molecule has 0 aromatic heterocycles. The third-order valence-corrected chi connectivity index (χ3v) is 7.46. The molecule has 5 N–H and O–H groups in total. The summed E-state index contributed by atoms with van der Waals surface area (Å²) in [7, 11) is -8.35. The molecule has 2 aromatic rings. The van der Waals surface area contributed by atoms with E-state index in [9.17, 15) is 20.7 Å². The maximum absolute atomic E-state index is 12.9. The molecule has 0 unspecified atom stereocenters. The summed E-state index contributed by atoms with van der Waals surface area (Å²) >= 11 is 6.43. The Morgan fingerprint density at radius 3 is 2.02 bits per heavy atom. The van der Waals surface area contributed by atoms with E-state index in [2.05, 4.69) is 9.98 Å². The molecule has 0 amide bonds. The molecule has 2 aromatic carbocycles. The number of nitrogens with zero attached hydrogens (tertiary/aromatic N) is 3. The Kier molecular flexibility index (Phi) is 12.2. The molecule has 1 aliphatic heterocycles. The van der Waals surface area contributed by atoms with Crippen molar-refractivity contribution in [3.8, 4) is 11.5 Å². The first-order valence-corrected chi connectivity index (χ1v) is 16.0. The Hall–Kier alpha value is -3.14. The Bertz CT molecular complexity index is 1450. The number of hydrogen-bond acceptors (Lipinski definition) is 11. The molecule has 1 heterocycles. The van der Waals surface area contributed by atoms with Crippen molar-refractivity contribution in [1.29, 1.82) is 0 Å². The molecule has 0 atom stereocenters. The number of guanidine groups is 2. The highest BCUT2D eigenvalue weighted by molar-refractivity contribution is 7.86. The summed E-state index contributed by atoms with van der Waals surface area (Å²) in [6.45, 7) is 6.11. The third kappa shape index (κ3) is 11.3. The smallest absolute Gasteiger partial charge is 0.332 e. The van der Waals surface area contributed by atoms with Crippen molar-refractivity contribution in [3.05, 3.63) is 47.5 Å². The van der Waals surface area contributed by atoms with Crippen molar-refractivity contribution in [2.45, 2.75) is 57.0 Å². The van der Waals surface area contributed by atoms with Gasteiger partial charge in [-0.3, -0.25) is 9.45 Å². The summed E-state index contributed by atoms with van der Waals surface area (Å²) in [5.41, 5.74) is 11.8. The Morgan fingerprint density at radius 2 is 1.54 bits per heavy atom.